The topological polar surface area (TPSA) is 113 Å². The van der Waals surface area contributed by atoms with Gasteiger partial charge in [0.25, 0.3) is 5.56 Å². The molecule has 9 nitrogen and oxygen atoms in total. The molecular weight excluding hydrogens is 448 g/mol. The fourth-order valence-corrected chi connectivity index (χ4v) is 4.72. The Kier molecular flexibility index (Phi) is 7.63. The van der Waals surface area contributed by atoms with Crippen LogP contribution in [0, 0.1) is 18.3 Å². The highest BCUT2D eigenvalue weighted by Crippen LogP contribution is 2.42. The van der Waals surface area contributed by atoms with Crippen molar-refractivity contribution in [1.29, 1.82) is 5.26 Å². The first-order valence-corrected chi connectivity index (χ1v) is 12.1. The number of nitrogens with zero attached hydrogens (tertiary/aromatic N) is 2. The fourth-order valence-electron chi connectivity index (χ4n) is 4.72. The quantitative estimate of drug-likeness (QED) is 0.580. The number of fused-ring (bicyclic) bond motifs is 1. The monoisotopic (exact) mass is 481 g/mol. The van der Waals surface area contributed by atoms with Gasteiger partial charge < -0.3 is 34.1 Å². The summed E-state index contributed by atoms with van der Waals surface area (Å²) in [5, 5.41) is 9.97. The molecule has 1 aromatic carbocycles. The average Bonchev–Trinajstić information content (AvgIpc) is 2.85. The first-order valence-electron chi connectivity index (χ1n) is 12.1. The van der Waals surface area contributed by atoms with E-state index in [-0.39, 0.29) is 17.0 Å². The molecule has 3 N–H and O–H groups in total. The first kappa shape index (κ1) is 24.6. The van der Waals surface area contributed by atoms with Gasteiger partial charge in [0.05, 0.1) is 51.0 Å². The summed E-state index contributed by atoms with van der Waals surface area (Å²) in [6.45, 7) is 11.3. The van der Waals surface area contributed by atoms with Crippen LogP contribution in [0.2, 0.25) is 0 Å². The van der Waals surface area contributed by atoms with Gasteiger partial charge in [-0.25, -0.2) is 0 Å². The lowest BCUT2D eigenvalue weighted by atomic mass is 9.84. The van der Waals surface area contributed by atoms with E-state index in [9.17, 15) is 10.1 Å². The van der Waals surface area contributed by atoms with E-state index in [1.54, 1.807) is 10.6 Å². The van der Waals surface area contributed by atoms with Gasteiger partial charge in [0.2, 0.25) is 5.88 Å². The number of ether oxygens (including phenoxy) is 4. The minimum absolute atomic E-state index is 0.00570. The number of morpholine rings is 1. The zero-order valence-electron chi connectivity index (χ0n) is 20.6. The molecule has 186 valence electrons. The Labute approximate surface area is 205 Å². The Hall–Kier alpha value is -3.48. The third kappa shape index (κ3) is 4.99. The summed E-state index contributed by atoms with van der Waals surface area (Å²) in [5.74, 6) is 0.880. The molecular formula is C26H33N4O5+. The number of hydrogen-bond donors (Lipinski definition) is 2. The molecule has 1 aromatic heterocycles. The Morgan fingerprint density at radius 2 is 1.89 bits per heavy atom. The molecule has 0 amide bonds. The maximum absolute atomic E-state index is 13.9. The number of aromatic nitrogens is 1. The van der Waals surface area contributed by atoms with Crippen molar-refractivity contribution in [2.24, 2.45) is 5.73 Å². The van der Waals surface area contributed by atoms with E-state index < -0.39 is 5.92 Å². The zero-order chi connectivity index (χ0) is 24.9. The van der Waals surface area contributed by atoms with E-state index in [4.69, 9.17) is 24.7 Å². The number of nitriles is 1. The number of nitrogens with two attached hydrogens (primary N) is 1. The van der Waals surface area contributed by atoms with Crippen LogP contribution in [0.5, 0.6) is 17.2 Å². The molecule has 2 aliphatic rings. The van der Waals surface area contributed by atoms with E-state index in [1.807, 2.05) is 39.0 Å². The molecule has 0 radical (unpaired) electrons. The summed E-state index contributed by atoms with van der Waals surface area (Å²) >= 11 is 0. The largest absolute Gasteiger partial charge is 0.490 e. The van der Waals surface area contributed by atoms with Crippen molar-refractivity contribution in [2.45, 2.75) is 33.2 Å². The summed E-state index contributed by atoms with van der Waals surface area (Å²) in [7, 11) is 0. The van der Waals surface area contributed by atoms with Crippen molar-refractivity contribution in [3.8, 4) is 23.3 Å². The predicted molar refractivity (Wildman–Crippen MR) is 130 cm³/mol. The minimum atomic E-state index is -0.672. The second-order valence-electron chi connectivity index (χ2n) is 8.63. The number of rotatable bonds is 8. The molecule has 9 heteroatoms. The summed E-state index contributed by atoms with van der Waals surface area (Å²) in [6.07, 6.45) is 0. The minimum Gasteiger partial charge on any atom is -0.490 e. The summed E-state index contributed by atoms with van der Waals surface area (Å²) in [4.78, 5) is 15.3. The van der Waals surface area contributed by atoms with Gasteiger partial charge in [-0.2, -0.15) is 5.26 Å². The highest BCUT2D eigenvalue weighted by Gasteiger charge is 2.35. The second kappa shape index (κ2) is 10.8. The SMILES string of the molecule is CCOc1ccc([C@@H]2C(C#N)=C(N)Oc3cc(C)n(CC[NH+]4CCOCC4)c(=O)c32)cc1OCC. The zero-order valence-corrected chi connectivity index (χ0v) is 20.6. The standard InChI is InChI=1S/C26H32N4O5/c1-4-33-20-7-6-18(15-21(20)34-5-2)23-19(16-27)25(28)35-22-14-17(3)30(26(31)24(22)23)9-8-29-10-12-32-13-11-29/h6-7,14-15,23H,4-5,8-13,28H2,1-3H3/p+1/t23-/m1/s1. The van der Waals surface area contributed by atoms with Crippen LogP contribution in [0.4, 0.5) is 0 Å². The van der Waals surface area contributed by atoms with Gasteiger partial charge in [-0.3, -0.25) is 4.79 Å². The lowest BCUT2D eigenvalue weighted by molar-refractivity contribution is -0.908. The van der Waals surface area contributed by atoms with Crippen molar-refractivity contribution in [3.05, 3.63) is 62.9 Å². The molecule has 0 unspecified atom stereocenters. The Balaban J connectivity index is 1.79. The maximum Gasteiger partial charge on any atom is 0.258 e. The normalized spacial score (nSPS) is 17.9. The number of allylic oxidation sites excluding steroid dienone is 1. The third-order valence-electron chi connectivity index (χ3n) is 6.48. The van der Waals surface area contributed by atoms with Crippen LogP contribution in [0.1, 0.15) is 36.6 Å². The predicted octanol–water partition coefficient (Wildman–Crippen LogP) is 1.09. The van der Waals surface area contributed by atoms with Crippen LogP contribution >= 0.6 is 0 Å². The van der Waals surface area contributed by atoms with E-state index in [1.165, 1.54) is 4.90 Å². The van der Waals surface area contributed by atoms with Gasteiger partial charge in [-0.05, 0) is 38.5 Å². The van der Waals surface area contributed by atoms with Crippen LogP contribution in [0.3, 0.4) is 0 Å². The third-order valence-corrected chi connectivity index (χ3v) is 6.48. The number of hydrogen-bond acceptors (Lipinski definition) is 7. The van der Waals surface area contributed by atoms with Gasteiger partial charge in [0.1, 0.15) is 30.5 Å². The average molecular weight is 482 g/mol. The molecule has 0 saturated carbocycles. The van der Waals surface area contributed by atoms with Crippen molar-refractivity contribution < 1.29 is 23.8 Å². The fraction of sp³-hybridized carbons (Fsp3) is 0.462. The molecule has 35 heavy (non-hydrogen) atoms. The molecule has 0 bridgehead atoms. The van der Waals surface area contributed by atoms with E-state index in [0.717, 1.165) is 38.5 Å². The lowest BCUT2D eigenvalue weighted by Gasteiger charge is -2.28. The van der Waals surface area contributed by atoms with Crippen molar-refractivity contribution >= 4 is 0 Å². The van der Waals surface area contributed by atoms with Crippen LogP contribution in [-0.4, -0.2) is 50.6 Å². The Morgan fingerprint density at radius 3 is 2.57 bits per heavy atom. The lowest BCUT2D eigenvalue weighted by Crippen LogP contribution is -3.14. The van der Waals surface area contributed by atoms with Gasteiger partial charge in [-0.1, -0.05) is 6.07 Å². The van der Waals surface area contributed by atoms with Gasteiger partial charge in [-0.15, -0.1) is 0 Å². The number of benzene rings is 1. The number of quaternary nitrogens is 1. The van der Waals surface area contributed by atoms with Crippen LogP contribution < -0.4 is 30.4 Å². The van der Waals surface area contributed by atoms with E-state index in [2.05, 4.69) is 6.07 Å². The number of nitrogens with one attached hydrogen (secondary N) is 1. The molecule has 4 rings (SSSR count). The smallest absolute Gasteiger partial charge is 0.258 e. The highest BCUT2D eigenvalue weighted by atomic mass is 16.5. The molecule has 0 spiro atoms. The molecule has 0 aliphatic carbocycles. The molecule has 1 atom stereocenters. The first-order chi connectivity index (χ1) is 17.0. The van der Waals surface area contributed by atoms with E-state index >= 15 is 0 Å². The second-order valence-corrected chi connectivity index (χ2v) is 8.63. The molecule has 1 saturated heterocycles. The summed E-state index contributed by atoms with van der Waals surface area (Å²) < 4.78 is 24.5. The molecule has 2 aliphatic heterocycles. The van der Waals surface area contributed by atoms with Crippen LogP contribution in [0.15, 0.2) is 40.5 Å². The molecule has 1 fully saturated rings. The van der Waals surface area contributed by atoms with Crippen molar-refractivity contribution in [2.75, 3.05) is 46.1 Å². The van der Waals surface area contributed by atoms with Crippen molar-refractivity contribution in [3.63, 3.8) is 0 Å². The van der Waals surface area contributed by atoms with Crippen LogP contribution in [0.25, 0.3) is 0 Å². The van der Waals surface area contributed by atoms with Gasteiger partial charge in [0.15, 0.2) is 11.5 Å². The Bertz CT molecular complexity index is 1210. The Morgan fingerprint density at radius 1 is 1.17 bits per heavy atom. The summed E-state index contributed by atoms with van der Waals surface area (Å²) in [6, 6.07) is 9.47. The summed E-state index contributed by atoms with van der Waals surface area (Å²) in [5.41, 5.74) is 8.09. The number of aryl methyl sites for hydroxylation is 1. The van der Waals surface area contributed by atoms with Crippen LogP contribution in [-0.2, 0) is 11.3 Å². The van der Waals surface area contributed by atoms with Crippen molar-refractivity contribution in [1.82, 2.24) is 4.57 Å². The molecule has 3 heterocycles. The molecule has 2 aromatic rings. The van der Waals surface area contributed by atoms with Gasteiger partial charge in [0, 0.05) is 11.8 Å². The van der Waals surface area contributed by atoms with E-state index in [0.29, 0.717) is 48.1 Å². The highest BCUT2D eigenvalue weighted by molar-refractivity contribution is 5.57. The maximum atomic E-state index is 13.9. The van der Waals surface area contributed by atoms with Gasteiger partial charge >= 0.3 is 0 Å². The number of pyridine rings is 1.